The fourth-order valence-electron chi connectivity index (χ4n) is 6.22. The highest BCUT2D eigenvalue weighted by Crippen LogP contribution is 2.36. The fourth-order valence-corrected chi connectivity index (χ4v) is 6.81. The summed E-state index contributed by atoms with van der Waals surface area (Å²) in [7, 11) is 0. The van der Waals surface area contributed by atoms with Gasteiger partial charge in [-0.05, 0) is 83.9 Å². The number of rotatable bonds is 10. The summed E-state index contributed by atoms with van der Waals surface area (Å²) in [5.74, 6) is 0. The molecule has 8 aromatic rings. The van der Waals surface area contributed by atoms with E-state index in [1.807, 2.05) is 24.3 Å². The molecular weight excluding hydrogens is 641 g/mol. The Hall–Kier alpha value is -6.56. The van der Waals surface area contributed by atoms with Crippen molar-refractivity contribution in [3.8, 4) is 0 Å². The fraction of sp³-hybridized carbons (Fsp3) is 0. The SMILES string of the molecule is C(=Cc1ccc(C=Cc2ccc(N(c3ccccc3)c3ccccc3)cc2)c2nsnc12)c1ccc(N(c2ccccc2)c2ccccc2)cc1. The Morgan fingerprint density at radius 1 is 0.314 bits per heavy atom. The van der Waals surface area contributed by atoms with Gasteiger partial charge in [-0.1, -0.05) is 133 Å². The first-order valence-electron chi connectivity index (χ1n) is 16.9. The van der Waals surface area contributed by atoms with Gasteiger partial charge in [-0.2, -0.15) is 8.75 Å². The van der Waals surface area contributed by atoms with Gasteiger partial charge in [-0.15, -0.1) is 0 Å². The van der Waals surface area contributed by atoms with E-state index in [0.717, 1.165) is 67.4 Å². The van der Waals surface area contributed by atoms with E-state index in [1.165, 1.54) is 11.7 Å². The summed E-state index contributed by atoms with van der Waals surface area (Å²) in [6, 6.07) is 63.4. The van der Waals surface area contributed by atoms with Crippen LogP contribution >= 0.6 is 11.7 Å². The Morgan fingerprint density at radius 3 is 0.922 bits per heavy atom. The largest absolute Gasteiger partial charge is 0.311 e. The summed E-state index contributed by atoms with van der Waals surface area (Å²) >= 11 is 1.25. The van der Waals surface area contributed by atoms with Crippen molar-refractivity contribution in [2.45, 2.75) is 0 Å². The van der Waals surface area contributed by atoms with E-state index in [2.05, 4.69) is 201 Å². The monoisotopic (exact) mass is 674 g/mol. The molecule has 0 bridgehead atoms. The van der Waals surface area contributed by atoms with Crippen LogP contribution in [0.5, 0.6) is 0 Å². The van der Waals surface area contributed by atoms with Crippen LogP contribution in [0.1, 0.15) is 22.3 Å². The molecule has 0 aliphatic carbocycles. The van der Waals surface area contributed by atoms with E-state index in [4.69, 9.17) is 0 Å². The topological polar surface area (TPSA) is 32.3 Å². The molecule has 1 aromatic heterocycles. The second-order valence-electron chi connectivity index (χ2n) is 12.1. The molecule has 0 saturated carbocycles. The molecule has 4 nitrogen and oxygen atoms in total. The van der Waals surface area contributed by atoms with E-state index in [1.54, 1.807) is 0 Å². The van der Waals surface area contributed by atoms with Crippen LogP contribution in [-0.4, -0.2) is 8.75 Å². The zero-order valence-corrected chi connectivity index (χ0v) is 28.6. The van der Waals surface area contributed by atoms with Crippen molar-refractivity contribution in [1.82, 2.24) is 8.75 Å². The number of aromatic nitrogens is 2. The maximum absolute atomic E-state index is 4.67. The Bertz CT molecular complexity index is 2140. The van der Waals surface area contributed by atoms with Gasteiger partial charge in [0.1, 0.15) is 11.0 Å². The highest BCUT2D eigenvalue weighted by atomic mass is 32.1. The zero-order chi connectivity index (χ0) is 34.2. The Balaban J connectivity index is 1.00. The van der Waals surface area contributed by atoms with Gasteiger partial charge >= 0.3 is 0 Å². The van der Waals surface area contributed by atoms with Crippen molar-refractivity contribution >= 4 is 81.2 Å². The molecule has 8 rings (SSSR count). The van der Waals surface area contributed by atoms with Crippen LogP contribution in [0.25, 0.3) is 35.3 Å². The molecule has 1 heterocycles. The van der Waals surface area contributed by atoms with E-state index < -0.39 is 0 Å². The number of nitrogens with zero attached hydrogens (tertiary/aromatic N) is 4. The molecule has 244 valence electrons. The zero-order valence-electron chi connectivity index (χ0n) is 27.8. The minimum Gasteiger partial charge on any atom is -0.311 e. The van der Waals surface area contributed by atoms with Gasteiger partial charge in [0.25, 0.3) is 0 Å². The molecule has 0 N–H and O–H groups in total. The maximum atomic E-state index is 4.67. The number of fused-ring (bicyclic) bond motifs is 1. The second kappa shape index (κ2) is 14.9. The molecule has 0 amide bonds. The van der Waals surface area contributed by atoms with E-state index >= 15 is 0 Å². The van der Waals surface area contributed by atoms with Gasteiger partial charge in [0.2, 0.25) is 0 Å². The third-order valence-corrected chi connectivity index (χ3v) is 9.28. The van der Waals surface area contributed by atoms with Crippen LogP contribution in [0.4, 0.5) is 34.1 Å². The van der Waals surface area contributed by atoms with Crippen LogP contribution in [-0.2, 0) is 0 Å². The predicted octanol–water partition coefficient (Wildman–Crippen LogP) is 13.0. The number of para-hydroxylation sites is 4. The van der Waals surface area contributed by atoms with Crippen molar-refractivity contribution < 1.29 is 0 Å². The lowest BCUT2D eigenvalue weighted by molar-refractivity contribution is 1.28. The lowest BCUT2D eigenvalue weighted by Gasteiger charge is -2.25. The van der Waals surface area contributed by atoms with Crippen LogP contribution in [0.15, 0.2) is 182 Å². The summed E-state index contributed by atoms with van der Waals surface area (Å²) in [5, 5.41) is 0. The number of anilines is 6. The molecule has 0 saturated heterocycles. The Kier molecular flexibility index (Phi) is 9.27. The number of hydrogen-bond donors (Lipinski definition) is 0. The third-order valence-electron chi connectivity index (χ3n) is 8.75. The first-order valence-corrected chi connectivity index (χ1v) is 17.7. The summed E-state index contributed by atoms with van der Waals surface area (Å²) < 4.78 is 9.35. The maximum Gasteiger partial charge on any atom is 0.112 e. The lowest BCUT2D eigenvalue weighted by atomic mass is 10.0. The van der Waals surface area contributed by atoms with Crippen molar-refractivity contribution in [3.63, 3.8) is 0 Å². The molecule has 0 radical (unpaired) electrons. The van der Waals surface area contributed by atoms with E-state index in [0.29, 0.717) is 0 Å². The molecule has 0 aliphatic rings. The van der Waals surface area contributed by atoms with Crippen molar-refractivity contribution in [2.75, 3.05) is 9.80 Å². The molecule has 5 heteroatoms. The van der Waals surface area contributed by atoms with Crippen LogP contribution < -0.4 is 9.80 Å². The molecule has 0 spiro atoms. The summed E-state index contributed by atoms with van der Waals surface area (Å²) in [6.07, 6.45) is 8.53. The Morgan fingerprint density at radius 2 is 0.608 bits per heavy atom. The molecule has 51 heavy (non-hydrogen) atoms. The minimum absolute atomic E-state index is 0.908. The van der Waals surface area contributed by atoms with Crippen molar-refractivity contribution in [1.29, 1.82) is 0 Å². The van der Waals surface area contributed by atoms with Gasteiger partial charge in [0, 0.05) is 45.3 Å². The van der Waals surface area contributed by atoms with Gasteiger partial charge in [0.15, 0.2) is 0 Å². The van der Waals surface area contributed by atoms with Crippen LogP contribution in [0.3, 0.4) is 0 Å². The number of benzene rings is 7. The molecule has 0 aliphatic heterocycles. The third kappa shape index (κ3) is 7.11. The molecular formula is C46H34N4S. The average molecular weight is 675 g/mol. The average Bonchev–Trinajstić information content (AvgIpc) is 3.70. The van der Waals surface area contributed by atoms with Gasteiger partial charge in [-0.3, -0.25) is 0 Å². The first kappa shape index (κ1) is 31.7. The normalized spacial score (nSPS) is 11.4. The molecule has 0 unspecified atom stereocenters. The Labute approximate surface area is 302 Å². The summed E-state index contributed by atoms with van der Waals surface area (Å²) in [5.41, 5.74) is 12.8. The lowest BCUT2D eigenvalue weighted by Crippen LogP contribution is -2.09. The van der Waals surface area contributed by atoms with Gasteiger partial charge < -0.3 is 9.80 Å². The molecule has 0 fully saturated rings. The van der Waals surface area contributed by atoms with Crippen molar-refractivity contribution in [3.05, 3.63) is 204 Å². The van der Waals surface area contributed by atoms with E-state index in [-0.39, 0.29) is 0 Å². The minimum atomic E-state index is 0.908. The van der Waals surface area contributed by atoms with Gasteiger partial charge in [-0.25, -0.2) is 0 Å². The molecule has 7 aromatic carbocycles. The highest BCUT2D eigenvalue weighted by molar-refractivity contribution is 7.00. The quantitative estimate of drug-likeness (QED) is 0.135. The standard InChI is InChI=1S/C46H34N4S/c1-5-13-39(14-6-1)49(40-15-7-2-8-16-40)43-31-23-35(24-32-43)21-27-37-29-30-38(46-45(37)47-51-48-46)28-22-36-25-33-44(34-26-36)50(41-17-9-3-10-18-41)42-19-11-4-12-20-42/h1-34H. The van der Waals surface area contributed by atoms with Crippen molar-refractivity contribution in [2.24, 2.45) is 0 Å². The van der Waals surface area contributed by atoms with E-state index in [9.17, 15) is 0 Å². The van der Waals surface area contributed by atoms with Crippen LogP contribution in [0, 0.1) is 0 Å². The van der Waals surface area contributed by atoms with Crippen LogP contribution in [0.2, 0.25) is 0 Å². The second-order valence-corrected chi connectivity index (χ2v) is 12.6. The smallest absolute Gasteiger partial charge is 0.112 e. The number of hydrogen-bond acceptors (Lipinski definition) is 5. The summed E-state index contributed by atoms with van der Waals surface area (Å²) in [6.45, 7) is 0. The summed E-state index contributed by atoms with van der Waals surface area (Å²) in [4.78, 5) is 4.53. The predicted molar refractivity (Wildman–Crippen MR) is 218 cm³/mol. The first-order chi connectivity index (χ1) is 25.3. The molecule has 0 atom stereocenters. The van der Waals surface area contributed by atoms with Gasteiger partial charge in [0.05, 0.1) is 11.7 Å². The highest BCUT2D eigenvalue weighted by Gasteiger charge is 2.13.